The van der Waals surface area contributed by atoms with E-state index in [0.29, 0.717) is 25.0 Å². The third-order valence-electron chi connectivity index (χ3n) is 3.51. The van der Waals surface area contributed by atoms with Crippen LogP contribution in [0.1, 0.15) is 30.9 Å². The van der Waals surface area contributed by atoms with E-state index in [1.54, 1.807) is 0 Å². The summed E-state index contributed by atoms with van der Waals surface area (Å²) < 4.78 is 5.39. The van der Waals surface area contributed by atoms with Gasteiger partial charge in [-0.25, -0.2) is 5.43 Å². The number of rotatable bonds is 8. The van der Waals surface area contributed by atoms with Crippen molar-refractivity contribution in [1.82, 2.24) is 5.43 Å². The summed E-state index contributed by atoms with van der Waals surface area (Å²) in [4.78, 5) is 11.8. The molecule has 2 aromatic rings. The summed E-state index contributed by atoms with van der Waals surface area (Å²) in [6.07, 6.45) is 3.19. The van der Waals surface area contributed by atoms with E-state index in [-0.39, 0.29) is 17.4 Å². The van der Waals surface area contributed by atoms with Crippen LogP contribution < -0.4 is 10.2 Å². The van der Waals surface area contributed by atoms with Gasteiger partial charge < -0.3 is 14.9 Å². The number of aromatic hydroxyl groups is 2. The predicted octanol–water partition coefficient (Wildman–Crippen LogP) is 2.97. The normalized spacial score (nSPS) is 10.8. The van der Waals surface area contributed by atoms with Gasteiger partial charge in [-0.3, -0.25) is 4.79 Å². The van der Waals surface area contributed by atoms with Gasteiger partial charge in [-0.2, -0.15) is 5.10 Å². The minimum atomic E-state index is -0.194. The Morgan fingerprint density at radius 1 is 1.20 bits per heavy atom. The van der Waals surface area contributed by atoms with Crippen LogP contribution in [0.2, 0.25) is 0 Å². The van der Waals surface area contributed by atoms with E-state index in [1.165, 1.54) is 24.4 Å². The highest BCUT2D eigenvalue weighted by atomic mass is 16.5. The Morgan fingerprint density at radius 2 is 1.96 bits per heavy atom. The van der Waals surface area contributed by atoms with Gasteiger partial charge in [-0.1, -0.05) is 12.1 Å². The van der Waals surface area contributed by atoms with E-state index in [1.807, 2.05) is 31.2 Å². The van der Waals surface area contributed by atoms with Gasteiger partial charge in [0.2, 0.25) is 5.91 Å². The first kappa shape index (κ1) is 18.3. The van der Waals surface area contributed by atoms with Crippen LogP contribution in [0, 0.1) is 0 Å². The van der Waals surface area contributed by atoms with Gasteiger partial charge in [-0.15, -0.1) is 0 Å². The summed E-state index contributed by atoms with van der Waals surface area (Å²) in [5.41, 5.74) is 3.98. The van der Waals surface area contributed by atoms with E-state index in [0.717, 1.165) is 17.7 Å². The van der Waals surface area contributed by atoms with E-state index in [4.69, 9.17) is 4.74 Å². The summed E-state index contributed by atoms with van der Waals surface area (Å²) >= 11 is 0. The Balaban J connectivity index is 1.72. The Hall–Kier alpha value is -3.02. The van der Waals surface area contributed by atoms with E-state index >= 15 is 0 Å². The summed E-state index contributed by atoms with van der Waals surface area (Å²) in [5, 5.41) is 22.6. The zero-order valence-electron chi connectivity index (χ0n) is 14.1. The maximum Gasteiger partial charge on any atom is 0.240 e. The summed E-state index contributed by atoms with van der Waals surface area (Å²) in [6, 6.07) is 12.0. The number of nitrogens with zero attached hydrogens (tertiary/aromatic N) is 1. The van der Waals surface area contributed by atoms with Gasteiger partial charge in [0.25, 0.3) is 0 Å². The van der Waals surface area contributed by atoms with Gasteiger partial charge >= 0.3 is 0 Å². The molecule has 0 aliphatic carbocycles. The first-order chi connectivity index (χ1) is 12.1. The summed E-state index contributed by atoms with van der Waals surface area (Å²) in [6.45, 7) is 2.58. The molecule has 1 amide bonds. The van der Waals surface area contributed by atoms with Crippen LogP contribution in [0.5, 0.6) is 17.2 Å². The largest absolute Gasteiger partial charge is 0.508 e. The molecule has 0 radical (unpaired) electrons. The summed E-state index contributed by atoms with van der Waals surface area (Å²) in [7, 11) is 0. The molecule has 0 aliphatic heterocycles. The molecule has 0 fully saturated rings. The van der Waals surface area contributed by atoms with Crippen molar-refractivity contribution in [2.75, 3.05) is 6.61 Å². The number of hydrogen-bond acceptors (Lipinski definition) is 5. The molecular formula is C19H22N2O4. The van der Waals surface area contributed by atoms with Crippen molar-refractivity contribution in [1.29, 1.82) is 0 Å². The lowest BCUT2D eigenvalue weighted by Gasteiger charge is -2.05. The fraction of sp³-hybridized carbons (Fsp3) is 0.263. The number of phenolic OH excluding ortho intramolecular Hbond substituents is 2. The molecule has 0 aliphatic rings. The monoisotopic (exact) mass is 342 g/mol. The fourth-order valence-corrected chi connectivity index (χ4v) is 2.24. The Morgan fingerprint density at radius 3 is 2.64 bits per heavy atom. The molecule has 2 rings (SSSR count). The van der Waals surface area contributed by atoms with Gasteiger partial charge in [0, 0.05) is 18.1 Å². The minimum Gasteiger partial charge on any atom is -0.508 e. The lowest BCUT2D eigenvalue weighted by molar-refractivity contribution is -0.121. The molecule has 25 heavy (non-hydrogen) atoms. The first-order valence-corrected chi connectivity index (χ1v) is 8.14. The molecule has 6 nitrogen and oxygen atoms in total. The van der Waals surface area contributed by atoms with E-state index in [9.17, 15) is 15.0 Å². The molecule has 6 heteroatoms. The Bertz CT molecular complexity index is 727. The minimum absolute atomic E-state index is 0.0343. The molecular weight excluding hydrogens is 320 g/mol. The van der Waals surface area contributed by atoms with Gasteiger partial charge in [-0.05, 0) is 49.6 Å². The van der Waals surface area contributed by atoms with Crippen molar-refractivity contribution in [2.24, 2.45) is 5.10 Å². The molecule has 0 spiro atoms. The molecule has 0 saturated heterocycles. The molecule has 0 bridgehead atoms. The molecule has 0 aromatic heterocycles. The molecule has 0 atom stereocenters. The topological polar surface area (TPSA) is 91.2 Å². The number of phenols is 2. The second-order valence-corrected chi connectivity index (χ2v) is 5.47. The third kappa shape index (κ3) is 6.18. The van der Waals surface area contributed by atoms with Gasteiger partial charge in [0.15, 0.2) is 0 Å². The number of hydrazone groups is 1. The predicted molar refractivity (Wildman–Crippen MR) is 96.1 cm³/mol. The number of amides is 1. The van der Waals surface area contributed by atoms with Gasteiger partial charge in [0.1, 0.15) is 17.2 Å². The SMILES string of the molecule is CCOc1ccc(CCCC(=O)NN=Cc2ccc(O)cc2O)cc1. The number of ether oxygens (including phenoxy) is 1. The molecule has 132 valence electrons. The average molecular weight is 342 g/mol. The molecule has 0 unspecified atom stereocenters. The standard InChI is InChI=1S/C19H22N2O4/c1-2-25-17-10-6-14(7-11-17)4-3-5-19(24)21-20-13-15-8-9-16(22)12-18(15)23/h6-13,22-23H,2-5H2,1H3,(H,21,24). The molecule has 0 saturated carbocycles. The number of hydrogen-bond donors (Lipinski definition) is 3. The van der Waals surface area contributed by atoms with Crippen LogP contribution in [-0.2, 0) is 11.2 Å². The van der Waals surface area contributed by atoms with Crippen molar-refractivity contribution in [3.8, 4) is 17.2 Å². The van der Waals surface area contributed by atoms with E-state index in [2.05, 4.69) is 10.5 Å². The zero-order chi connectivity index (χ0) is 18.1. The maximum absolute atomic E-state index is 11.8. The summed E-state index contributed by atoms with van der Waals surface area (Å²) in [5.74, 6) is 0.512. The number of carbonyl (C=O) groups excluding carboxylic acids is 1. The van der Waals surface area contributed by atoms with Crippen molar-refractivity contribution in [2.45, 2.75) is 26.2 Å². The molecule has 0 heterocycles. The lowest BCUT2D eigenvalue weighted by Crippen LogP contribution is -2.17. The second kappa shape index (κ2) is 9.32. The molecule has 3 N–H and O–H groups in total. The highest BCUT2D eigenvalue weighted by Gasteiger charge is 2.02. The Labute approximate surface area is 146 Å². The zero-order valence-corrected chi connectivity index (χ0v) is 14.1. The van der Waals surface area contributed by atoms with Crippen LogP contribution >= 0.6 is 0 Å². The smallest absolute Gasteiger partial charge is 0.240 e. The van der Waals surface area contributed by atoms with Crippen molar-refractivity contribution in [3.05, 3.63) is 53.6 Å². The second-order valence-electron chi connectivity index (χ2n) is 5.47. The Kier molecular flexibility index (Phi) is 6.83. The number of aryl methyl sites for hydroxylation is 1. The highest BCUT2D eigenvalue weighted by molar-refractivity contribution is 5.85. The van der Waals surface area contributed by atoms with Crippen LogP contribution in [-0.4, -0.2) is 28.9 Å². The van der Waals surface area contributed by atoms with Crippen LogP contribution in [0.4, 0.5) is 0 Å². The van der Waals surface area contributed by atoms with E-state index < -0.39 is 0 Å². The quantitative estimate of drug-likeness (QED) is 0.508. The van der Waals surface area contributed by atoms with Crippen LogP contribution in [0.25, 0.3) is 0 Å². The number of benzene rings is 2. The van der Waals surface area contributed by atoms with Crippen LogP contribution in [0.3, 0.4) is 0 Å². The van der Waals surface area contributed by atoms with Gasteiger partial charge in [0.05, 0.1) is 12.8 Å². The van der Waals surface area contributed by atoms with Crippen LogP contribution in [0.15, 0.2) is 47.6 Å². The van der Waals surface area contributed by atoms with Crippen molar-refractivity contribution >= 4 is 12.1 Å². The van der Waals surface area contributed by atoms with Crippen molar-refractivity contribution in [3.63, 3.8) is 0 Å². The van der Waals surface area contributed by atoms with Crippen molar-refractivity contribution < 1.29 is 19.7 Å². The molecule has 2 aromatic carbocycles. The number of nitrogens with one attached hydrogen (secondary N) is 1. The fourth-order valence-electron chi connectivity index (χ4n) is 2.24. The highest BCUT2D eigenvalue weighted by Crippen LogP contribution is 2.20. The lowest BCUT2D eigenvalue weighted by atomic mass is 10.1. The first-order valence-electron chi connectivity index (χ1n) is 8.14. The average Bonchev–Trinajstić information content (AvgIpc) is 2.59. The maximum atomic E-state index is 11.8. The number of carbonyl (C=O) groups is 1. The third-order valence-corrected chi connectivity index (χ3v) is 3.51.